The highest BCUT2D eigenvalue weighted by molar-refractivity contribution is 7.80. The summed E-state index contributed by atoms with van der Waals surface area (Å²) in [7, 11) is 0. The van der Waals surface area contributed by atoms with Crippen LogP contribution in [0.3, 0.4) is 0 Å². The number of rotatable bonds is 3. The summed E-state index contributed by atoms with van der Waals surface area (Å²) in [5.74, 6) is -0.0507. The van der Waals surface area contributed by atoms with Crippen molar-refractivity contribution >= 4 is 23.2 Å². The van der Waals surface area contributed by atoms with Crippen molar-refractivity contribution in [3.8, 4) is 0 Å². The molecule has 0 saturated heterocycles. The third kappa shape index (κ3) is 6.34. The number of carbonyl (C=O) groups is 1. The van der Waals surface area contributed by atoms with Gasteiger partial charge in [-0.25, -0.2) is 0 Å². The van der Waals surface area contributed by atoms with Gasteiger partial charge in [0.05, 0.1) is 6.04 Å². The minimum Gasteiger partial charge on any atom is -0.356 e. The monoisotopic (exact) mass is 278 g/mol. The fourth-order valence-corrected chi connectivity index (χ4v) is 2.00. The Kier molecular flexibility index (Phi) is 5.48. The summed E-state index contributed by atoms with van der Waals surface area (Å²) in [4.78, 5) is 11.7. The molecule has 1 aromatic rings. The highest BCUT2D eigenvalue weighted by atomic mass is 32.1. The topological polar surface area (TPSA) is 41.1 Å². The molecule has 0 aromatic heterocycles. The quantitative estimate of drug-likeness (QED) is 0.834. The van der Waals surface area contributed by atoms with Crippen molar-refractivity contribution in [1.29, 1.82) is 0 Å². The van der Waals surface area contributed by atoms with E-state index in [1.54, 1.807) is 0 Å². The number of thiocarbonyl (C=S) groups is 1. The molecule has 0 aliphatic heterocycles. The fraction of sp³-hybridized carbons (Fsp3) is 0.467. The Balaban J connectivity index is 2.46. The first-order valence-corrected chi connectivity index (χ1v) is 6.84. The van der Waals surface area contributed by atoms with Crippen molar-refractivity contribution in [2.75, 3.05) is 0 Å². The minimum atomic E-state index is -0.0507. The van der Waals surface area contributed by atoms with Crippen LogP contribution in [0.4, 0.5) is 0 Å². The van der Waals surface area contributed by atoms with Crippen molar-refractivity contribution in [3.05, 3.63) is 35.9 Å². The number of hydrogen-bond acceptors (Lipinski definition) is 2. The Labute approximate surface area is 120 Å². The van der Waals surface area contributed by atoms with Gasteiger partial charge in [0.2, 0.25) is 5.91 Å². The van der Waals surface area contributed by atoms with Gasteiger partial charge in [-0.3, -0.25) is 4.79 Å². The van der Waals surface area contributed by atoms with E-state index in [1.807, 2.05) is 58.0 Å². The van der Waals surface area contributed by atoms with Crippen LogP contribution in [-0.2, 0) is 4.79 Å². The summed E-state index contributed by atoms with van der Waals surface area (Å²) in [6.45, 7) is 8.08. The van der Waals surface area contributed by atoms with Crippen LogP contribution in [0.15, 0.2) is 30.3 Å². The van der Waals surface area contributed by atoms with Crippen LogP contribution in [0, 0.1) is 5.41 Å². The van der Waals surface area contributed by atoms with Crippen LogP contribution < -0.4 is 10.6 Å². The van der Waals surface area contributed by atoms with Gasteiger partial charge in [0.25, 0.3) is 0 Å². The van der Waals surface area contributed by atoms with Gasteiger partial charge in [-0.05, 0) is 30.1 Å². The van der Waals surface area contributed by atoms with Gasteiger partial charge < -0.3 is 10.6 Å². The van der Waals surface area contributed by atoms with Gasteiger partial charge >= 0.3 is 0 Å². The first-order chi connectivity index (χ1) is 8.78. The van der Waals surface area contributed by atoms with Crippen LogP contribution in [0.1, 0.15) is 45.7 Å². The molecular weight excluding hydrogens is 256 g/mol. The maximum Gasteiger partial charge on any atom is 0.226 e. The number of carbonyl (C=O) groups excluding carboxylic acids is 1. The molecule has 0 fully saturated rings. The molecule has 104 valence electrons. The highest BCUT2D eigenvalue weighted by Gasteiger charge is 2.17. The Bertz CT molecular complexity index is 437. The molecule has 1 amide bonds. The summed E-state index contributed by atoms with van der Waals surface area (Å²) in [5, 5.41) is 6.21. The fourth-order valence-electron chi connectivity index (χ4n) is 1.71. The Morgan fingerprint density at radius 1 is 1.26 bits per heavy atom. The maximum absolute atomic E-state index is 11.7. The summed E-state index contributed by atoms with van der Waals surface area (Å²) in [6, 6.07) is 10.1. The average molecular weight is 278 g/mol. The second-order valence-electron chi connectivity index (χ2n) is 5.89. The molecule has 19 heavy (non-hydrogen) atoms. The summed E-state index contributed by atoms with van der Waals surface area (Å²) >= 11 is 5.15. The van der Waals surface area contributed by atoms with Gasteiger partial charge in [0.1, 0.15) is 0 Å². The molecule has 0 aliphatic carbocycles. The largest absolute Gasteiger partial charge is 0.356 e. The summed E-state index contributed by atoms with van der Waals surface area (Å²) < 4.78 is 0. The third-order valence-corrected chi connectivity index (χ3v) is 2.81. The van der Waals surface area contributed by atoms with E-state index >= 15 is 0 Å². The Morgan fingerprint density at radius 2 is 1.84 bits per heavy atom. The predicted molar refractivity (Wildman–Crippen MR) is 82.8 cm³/mol. The van der Waals surface area contributed by atoms with Gasteiger partial charge in [0, 0.05) is 6.42 Å². The number of hydrogen-bond donors (Lipinski definition) is 2. The van der Waals surface area contributed by atoms with E-state index in [1.165, 1.54) is 0 Å². The smallest absolute Gasteiger partial charge is 0.226 e. The van der Waals surface area contributed by atoms with E-state index < -0.39 is 0 Å². The van der Waals surface area contributed by atoms with Crippen molar-refractivity contribution in [3.63, 3.8) is 0 Å². The lowest BCUT2D eigenvalue weighted by molar-refractivity contribution is -0.121. The standard InChI is InChI=1S/C15H22N2OS/c1-11(12-8-6-5-7-9-12)16-14(19)17-13(18)10-15(2,3)4/h5-9,11H,10H2,1-4H3,(H2,16,17,18,19). The molecule has 1 aromatic carbocycles. The van der Waals surface area contributed by atoms with Crippen LogP contribution in [0.2, 0.25) is 0 Å². The molecule has 0 heterocycles. The summed E-state index contributed by atoms with van der Waals surface area (Å²) in [6.07, 6.45) is 0.453. The molecule has 1 rings (SSSR count). The molecule has 1 atom stereocenters. The van der Waals surface area contributed by atoms with Crippen LogP contribution >= 0.6 is 12.2 Å². The second-order valence-corrected chi connectivity index (χ2v) is 6.30. The molecular formula is C15H22N2OS. The Hall–Kier alpha value is -1.42. The van der Waals surface area contributed by atoms with E-state index in [0.717, 1.165) is 5.56 Å². The van der Waals surface area contributed by atoms with Crippen molar-refractivity contribution in [2.24, 2.45) is 5.41 Å². The molecule has 2 N–H and O–H groups in total. The van der Waals surface area contributed by atoms with Crippen molar-refractivity contribution < 1.29 is 4.79 Å². The number of nitrogens with one attached hydrogen (secondary N) is 2. The van der Waals surface area contributed by atoms with E-state index in [4.69, 9.17) is 12.2 Å². The molecule has 0 bridgehead atoms. The van der Waals surface area contributed by atoms with Gasteiger partial charge in [-0.2, -0.15) is 0 Å². The van der Waals surface area contributed by atoms with Gasteiger partial charge in [-0.15, -0.1) is 0 Å². The van der Waals surface area contributed by atoms with E-state index in [-0.39, 0.29) is 17.4 Å². The molecule has 0 radical (unpaired) electrons. The first kappa shape index (κ1) is 15.6. The zero-order valence-electron chi connectivity index (χ0n) is 12.0. The van der Waals surface area contributed by atoms with Crippen LogP contribution in [0.5, 0.6) is 0 Å². The lowest BCUT2D eigenvalue weighted by atomic mass is 9.92. The SMILES string of the molecule is CC(NC(=S)NC(=O)CC(C)(C)C)c1ccccc1. The average Bonchev–Trinajstić information content (AvgIpc) is 2.27. The van der Waals surface area contributed by atoms with E-state index in [0.29, 0.717) is 11.5 Å². The molecule has 1 unspecified atom stereocenters. The van der Waals surface area contributed by atoms with Crippen LogP contribution in [-0.4, -0.2) is 11.0 Å². The number of benzene rings is 1. The maximum atomic E-state index is 11.7. The van der Waals surface area contributed by atoms with Gasteiger partial charge in [-0.1, -0.05) is 51.1 Å². The highest BCUT2D eigenvalue weighted by Crippen LogP contribution is 2.17. The third-order valence-electron chi connectivity index (χ3n) is 2.59. The zero-order valence-corrected chi connectivity index (χ0v) is 12.8. The van der Waals surface area contributed by atoms with E-state index in [9.17, 15) is 4.79 Å². The lowest BCUT2D eigenvalue weighted by Crippen LogP contribution is -2.41. The zero-order chi connectivity index (χ0) is 14.5. The molecule has 4 heteroatoms. The molecule has 0 spiro atoms. The van der Waals surface area contributed by atoms with Crippen molar-refractivity contribution in [2.45, 2.75) is 40.2 Å². The first-order valence-electron chi connectivity index (χ1n) is 6.43. The normalized spacial score (nSPS) is 12.6. The summed E-state index contributed by atoms with van der Waals surface area (Å²) in [5.41, 5.74) is 1.10. The second kappa shape index (κ2) is 6.66. The molecule has 0 aliphatic rings. The van der Waals surface area contributed by atoms with Crippen LogP contribution in [0.25, 0.3) is 0 Å². The number of amides is 1. The molecule has 3 nitrogen and oxygen atoms in total. The minimum absolute atomic E-state index is 0.0370. The molecule has 0 saturated carbocycles. The van der Waals surface area contributed by atoms with E-state index in [2.05, 4.69) is 10.6 Å². The Morgan fingerprint density at radius 3 is 2.37 bits per heavy atom. The lowest BCUT2D eigenvalue weighted by Gasteiger charge is -2.20. The van der Waals surface area contributed by atoms with Gasteiger partial charge in [0.15, 0.2) is 5.11 Å². The predicted octanol–water partition coefficient (Wildman–Crippen LogP) is 3.17. The van der Waals surface area contributed by atoms with Crippen molar-refractivity contribution in [1.82, 2.24) is 10.6 Å².